The molecule has 0 amide bonds. The molecule has 1 heterocycles. The molecule has 1 unspecified atom stereocenters. The molecule has 140 valence electrons. The highest BCUT2D eigenvalue weighted by atomic mass is 32.2. The van der Waals surface area contributed by atoms with Crippen molar-refractivity contribution in [2.24, 2.45) is 0 Å². The molecule has 6 nitrogen and oxygen atoms in total. The van der Waals surface area contributed by atoms with Crippen LogP contribution in [-0.4, -0.2) is 26.9 Å². The molecule has 0 bridgehead atoms. The zero-order valence-electron chi connectivity index (χ0n) is 15.0. The van der Waals surface area contributed by atoms with Crippen molar-refractivity contribution in [3.63, 3.8) is 0 Å². The summed E-state index contributed by atoms with van der Waals surface area (Å²) in [5.41, 5.74) is 0.210. The van der Waals surface area contributed by atoms with Gasteiger partial charge in [-0.1, -0.05) is 32.0 Å². The minimum absolute atomic E-state index is 0.139. The maximum Gasteiger partial charge on any atom is 0.240 e. The van der Waals surface area contributed by atoms with E-state index in [0.29, 0.717) is 23.0 Å². The summed E-state index contributed by atoms with van der Waals surface area (Å²) in [7, 11) is -3.72. The topological polar surface area (TPSA) is 84.9 Å². The van der Waals surface area contributed by atoms with Crippen molar-refractivity contribution in [1.29, 1.82) is 0 Å². The number of sulfonamides is 1. The fraction of sp³-hybridized carbons (Fsp3) is 0.368. The Morgan fingerprint density at radius 1 is 1.12 bits per heavy atom. The number of rotatable bonds is 6. The highest BCUT2D eigenvalue weighted by Crippen LogP contribution is 2.35. The summed E-state index contributed by atoms with van der Waals surface area (Å²) in [6.45, 7) is 5.62. The predicted molar refractivity (Wildman–Crippen MR) is 97.9 cm³/mol. The molecule has 2 N–H and O–H groups in total. The average Bonchev–Trinajstić information content (AvgIpc) is 3.08. The van der Waals surface area contributed by atoms with Gasteiger partial charge in [0.2, 0.25) is 16.8 Å². The summed E-state index contributed by atoms with van der Waals surface area (Å²) in [5, 5.41) is 10.7. The van der Waals surface area contributed by atoms with Crippen LogP contribution < -0.4 is 14.2 Å². The minimum atomic E-state index is -3.72. The van der Waals surface area contributed by atoms with Gasteiger partial charge in [0.25, 0.3) is 0 Å². The second-order valence-corrected chi connectivity index (χ2v) is 8.66. The molecule has 0 saturated carbocycles. The lowest BCUT2D eigenvalue weighted by molar-refractivity contribution is 0.0625. The van der Waals surface area contributed by atoms with Crippen LogP contribution in [0.3, 0.4) is 0 Å². The highest BCUT2D eigenvalue weighted by Gasteiger charge is 2.28. The molecule has 0 aromatic heterocycles. The van der Waals surface area contributed by atoms with Gasteiger partial charge in [-0.2, -0.15) is 0 Å². The van der Waals surface area contributed by atoms with E-state index < -0.39 is 15.6 Å². The molecule has 1 atom stereocenters. The van der Waals surface area contributed by atoms with Crippen LogP contribution in [0, 0.1) is 0 Å². The Balaban J connectivity index is 1.73. The zero-order chi connectivity index (χ0) is 18.9. The van der Waals surface area contributed by atoms with Gasteiger partial charge in [-0.15, -0.1) is 0 Å². The van der Waals surface area contributed by atoms with Crippen molar-refractivity contribution in [2.75, 3.05) is 13.3 Å². The van der Waals surface area contributed by atoms with Gasteiger partial charge in [-0.05, 0) is 48.2 Å². The van der Waals surface area contributed by atoms with Gasteiger partial charge in [0.1, 0.15) is 5.60 Å². The average molecular weight is 377 g/mol. The summed E-state index contributed by atoms with van der Waals surface area (Å²) >= 11 is 0. The molecule has 7 heteroatoms. The van der Waals surface area contributed by atoms with E-state index in [2.05, 4.69) is 4.72 Å². The minimum Gasteiger partial charge on any atom is -0.454 e. The Kier molecular flexibility index (Phi) is 4.96. The molecular weight excluding hydrogens is 354 g/mol. The van der Waals surface area contributed by atoms with Gasteiger partial charge in [0, 0.05) is 6.54 Å². The number of nitrogens with one attached hydrogen (secondary N) is 1. The maximum absolute atomic E-state index is 12.5. The van der Waals surface area contributed by atoms with Gasteiger partial charge in [-0.3, -0.25) is 0 Å². The van der Waals surface area contributed by atoms with Crippen molar-refractivity contribution < 1.29 is 23.0 Å². The molecule has 2 aromatic rings. The van der Waals surface area contributed by atoms with E-state index in [1.54, 1.807) is 49.4 Å². The SMILES string of the molecule is CC(C)c1ccc(S(=O)(=O)NCC(C)(O)c2ccc3c(c2)OCO3)cc1. The number of fused-ring (bicyclic) bond motifs is 1. The van der Waals surface area contributed by atoms with Crippen LogP contribution in [0.4, 0.5) is 0 Å². The molecule has 3 rings (SSSR count). The molecule has 0 aliphatic carbocycles. The van der Waals surface area contributed by atoms with Crippen LogP contribution in [-0.2, 0) is 15.6 Å². The van der Waals surface area contributed by atoms with Crippen molar-refractivity contribution >= 4 is 10.0 Å². The van der Waals surface area contributed by atoms with E-state index in [-0.39, 0.29) is 18.2 Å². The monoisotopic (exact) mass is 377 g/mol. The number of hydrogen-bond acceptors (Lipinski definition) is 5. The van der Waals surface area contributed by atoms with E-state index in [9.17, 15) is 13.5 Å². The Labute approximate surface area is 153 Å². The quantitative estimate of drug-likeness (QED) is 0.809. The molecule has 0 fully saturated rings. The van der Waals surface area contributed by atoms with E-state index in [1.807, 2.05) is 13.8 Å². The Morgan fingerprint density at radius 2 is 1.77 bits per heavy atom. The lowest BCUT2D eigenvalue weighted by atomic mass is 9.96. The third-order valence-corrected chi connectivity index (χ3v) is 5.88. The van der Waals surface area contributed by atoms with Crippen LogP contribution >= 0.6 is 0 Å². The van der Waals surface area contributed by atoms with Crippen LogP contribution in [0.15, 0.2) is 47.4 Å². The van der Waals surface area contributed by atoms with Crippen LogP contribution in [0.2, 0.25) is 0 Å². The summed E-state index contributed by atoms with van der Waals surface area (Å²) < 4.78 is 38.1. The molecule has 0 saturated heterocycles. The molecule has 2 aromatic carbocycles. The number of hydrogen-bond donors (Lipinski definition) is 2. The third-order valence-electron chi connectivity index (χ3n) is 4.46. The lowest BCUT2D eigenvalue weighted by Crippen LogP contribution is -2.38. The lowest BCUT2D eigenvalue weighted by Gasteiger charge is -2.24. The summed E-state index contributed by atoms with van der Waals surface area (Å²) in [5.74, 6) is 1.47. The maximum atomic E-state index is 12.5. The Bertz CT molecular complexity index is 889. The van der Waals surface area contributed by atoms with Crippen molar-refractivity contribution in [2.45, 2.75) is 37.2 Å². The van der Waals surface area contributed by atoms with Gasteiger partial charge in [0.05, 0.1) is 4.90 Å². The predicted octanol–water partition coefficient (Wildman–Crippen LogP) is 2.72. The summed E-state index contributed by atoms with van der Waals surface area (Å²) in [6, 6.07) is 11.8. The third kappa shape index (κ3) is 3.85. The first-order chi connectivity index (χ1) is 12.2. The standard InChI is InChI=1S/C19H23NO5S/c1-13(2)14-4-7-16(8-5-14)26(22,23)20-11-19(3,21)15-6-9-17-18(10-15)25-12-24-17/h4-10,13,20-21H,11-12H2,1-3H3. The largest absolute Gasteiger partial charge is 0.454 e. The normalized spacial score (nSPS) is 15.9. The molecular formula is C19H23NO5S. The van der Waals surface area contributed by atoms with E-state index in [4.69, 9.17) is 9.47 Å². The second-order valence-electron chi connectivity index (χ2n) is 6.89. The van der Waals surface area contributed by atoms with Crippen molar-refractivity contribution in [3.05, 3.63) is 53.6 Å². The number of aliphatic hydroxyl groups is 1. The number of ether oxygens (including phenoxy) is 2. The van der Waals surface area contributed by atoms with Crippen LogP contribution in [0.25, 0.3) is 0 Å². The molecule has 26 heavy (non-hydrogen) atoms. The fourth-order valence-electron chi connectivity index (χ4n) is 2.68. The van der Waals surface area contributed by atoms with Gasteiger partial charge in [-0.25, -0.2) is 13.1 Å². The molecule has 0 spiro atoms. The highest BCUT2D eigenvalue weighted by molar-refractivity contribution is 7.89. The molecule has 1 aliphatic rings. The molecule has 0 radical (unpaired) electrons. The van der Waals surface area contributed by atoms with Crippen LogP contribution in [0.1, 0.15) is 37.8 Å². The van der Waals surface area contributed by atoms with Gasteiger partial charge >= 0.3 is 0 Å². The van der Waals surface area contributed by atoms with Gasteiger partial charge < -0.3 is 14.6 Å². The molecule has 1 aliphatic heterocycles. The van der Waals surface area contributed by atoms with Crippen molar-refractivity contribution in [3.8, 4) is 11.5 Å². The first-order valence-electron chi connectivity index (χ1n) is 8.41. The van der Waals surface area contributed by atoms with Crippen molar-refractivity contribution in [1.82, 2.24) is 4.72 Å². The van der Waals surface area contributed by atoms with Crippen LogP contribution in [0.5, 0.6) is 11.5 Å². The van der Waals surface area contributed by atoms with E-state index in [1.165, 1.54) is 0 Å². The Hall–Kier alpha value is -2.09. The smallest absolute Gasteiger partial charge is 0.240 e. The second kappa shape index (κ2) is 6.90. The first-order valence-corrected chi connectivity index (χ1v) is 9.89. The first kappa shape index (κ1) is 18.7. The van der Waals surface area contributed by atoms with Gasteiger partial charge in [0.15, 0.2) is 11.5 Å². The van der Waals surface area contributed by atoms with E-state index in [0.717, 1.165) is 5.56 Å². The number of benzene rings is 2. The summed E-state index contributed by atoms with van der Waals surface area (Å²) in [4.78, 5) is 0.170. The fourth-order valence-corrected chi connectivity index (χ4v) is 3.82. The Morgan fingerprint density at radius 3 is 2.42 bits per heavy atom. The van der Waals surface area contributed by atoms with E-state index >= 15 is 0 Å². The summed E-state index contributed by atoms with van der Waals surface area (Å²) in [6.07, 6.45) is 0. The zero-order valence-corrected chi connectivity index (χ0v) is 15.8.